The summed E-state index contributed by atoms with van der Waals surface area (Å²) >= 11 is 5.28. The molecule has 7 heteroatoms. The molecule has 0 saturated carbocycles. The largest absolute Gasteiger partial charge is 0.488 e. The van der Waals surface area contributed by atoms with Gasteiger partial charge in [-0.1, -0.05) is 13.8 Å². The van der Waals surface area contributed by atoms with Crippen molar-refractivity contribution >= 4 is 34.4 Å². The Kier molecular flexibility index (Phi) is 6.33. The molecule has 0 aliphatic carbocycles. The average Bonchev–Trinajstić information content (AvgIpc) is 3.44. The second-order valence-electron chi connectivity index (χ2n) is 7.86. The fraction of sp³-hybridized carbons (Fsp3) is 0.619. The summed E-state index contributed by atoms with van der Waals surface area (Å²) in [4.78, 5) is 0. The molecule has 0 amide bonds. The molecule has 28 heavy (non-hydrogen) atoms. The first-order valence-corrected chi connectivity index (χ1v) is 12.9. The average molecular weight is 441 g/mol. The third-order valence-corrected chi connectivity index (χ3v) is 8.72. The summed E-state index contributed by atoms with van der Waals surface area (Å²) < 4.78 is 23.1. The third-order valence-electron chi connectivity index (χ3n) is 6.01. The van der Waals surface area contributed by atoms with Gasteiger partial charge in [0.2, 0.25) is 0 Å². The lowest BCUT2D eigenvalue weighted by molar-refractivity contribution is 0.0944. The normalized spacial score (nSPS) is 21.4. The maximum atomic E-state index is 5.80. The molecule has 1 spiro atoms. The zero-order valence-corrected chi connectivity index (χ0v) is 19.0. The molecule has 1 saturated heterocycles. The molecule has 0 aromatic carbocycles. The molecule has 2 aromatic heterocycles. The Morgan fingerprint density at radius 3 is 1.61 bits per heavy atom. The van der Waals surface area contributed by atoms with Crippen molar-refractivity contribution < 1.29 is 18.9 Å². The summed E-state index contributed by atoms with van der Waals surface area (Å²) in [6.45, 7) is 7.62. The zero-order chi connectivity index (χ0) is 19.5. The topological polar surface area (TPSA) is 36.9 Å². The summed E-state index contributed by atoms with van der Waals surface area (Å²) in [7, 11) is 0. The summed E-state index contributed by atoms with van der Waals surface area (Å²) in [6, 6.07) is 0. The van der Waals surface area contributed by atoms with Gasteiger partial charge >= 0.3 is 0 Å². The van der Waals surface area contributed by atoms with Gasteiger partial charge in [-0.15, -0.1) is 22.7 Å². The Labute approximate surface area is 179 Å². The number of thiophene rings is 2. The van der Waals surface area contributed by atoms with Gasteiger partial charge in [-0.05, 0) is 25.0 Å². The minimum atomic E-state index is 0.205. The minimum Gasteiger partial charge on any atom is -0.488 e. The highest BCUT2D eigenvalue weighted by Crippen LogP contribution is 2.43. The Bertz CT molecular complexity index is 662. The van der Waals surface area contributed by atoms with Gasteiger partial charge in [-0.2, -0.15) is 11.8 Å². The molecule has 0 N–H and O–H groups in total. The molecule has 5 heterocycles. The van der Waals surface area contributed by atoms with Gasteiger partial charge in [-0.3, -0.25) is 0 Å². The van der Waals surface area contributed by atoms with E-state index in [1.54, 1.807) is 22.7 Å². The molecule has 3 aliphatic rings. The Balaban J connectivity index is 0.000000137. The Morgan fingerprint density at radius 2 is 1.21 bits per heavy atom. The molecule has 4 nitrogen and oxygen atoms in total. The van der Waals surface area contributed by atoms with Crippen molar-refractivity contribution in [1.82, 2.24) is 0 Å². The molecule has 2 aromatic rings. The van der Waals surface area contributed by atoms with E-state index in [0.717, 1.165) is 62.3 Å². The lowest BCUT2D eigenvalue weighted by atomic mass is 9.84. The first-order chi connectivity index (χ1) is 13.7. The van der Waals surface area contributed by atoms with Gasteiger partial charge in [0.05, 0.1) is 26.4 Å². The van der Waals surface area contributed by atoms with Crippen LogP contribution in [0, 0.1) is 10.8 Å². The van der Waals surface area contributed by atoms with Crippen molar-refractivity contribution in [2.24, 2.45) is 10.8 Å². The molecule has 3 aliphatic heterocycles. The first-order valence-electron chi connectivity index (χ1n) is 9.89. The van der Waals surface area contributed by atoms with Crippen LogP contribution in [-0.2, 0) is 0 Å². The van der Waals surface area contributed by atoms with E-state index in [0.29, 0.717) is 0 Å². The van der Waals surface area contributed by atoms with E-state index >= 15 is 0 Å². The minimum absolute atomic E-state index is 0.205. The highest BCUT2D eigenvalue weighted by Gasteiger charge is 2.38. The fourth-order valence-electron chi connectivity index (χ4n) is 3.51. The highest BCUT2D eigenvalue weighted by atomic mass is 32.2. The van der Waals surface area contributed by atoms with Gasteiger partial charge in [-0.25, -0.2) is 0 Å². The van der Waals surface area contributed by atoms with E-state index in [4.69, 9.17) is 18.9 Å². The van der Waals surface area contributed by atoms with Crippen molar-refractivity contribution in [1.29, 1.82) is 0 Å². The van der Waals surface area contributed by atoms with Crippen molar-refractivity contribution in [2.75, 3.05) is 37.9 Å². The lowest BCUT2D eigenvalue weighted by Crippen LogP contribution is -2.33. The predicted octanol–water partition coefficient (Wildman–Crippen LogP) is 5.97. The maximum absolute atomic E-state index is 5.80. The zero-order valence-electron chi connectivity index (χ0n) is 16.5. The molecular weight excluding hydrogens is 412 g/mol. The van der Waals surface area contributed by atoms with Crippen molar-refractivity contribution in [3.05, 3.63) is 21.5 Å². The van der Waals surface area contributed by atoms with Crippen LogP contribution in [0.1, 0.15) is 33.1 Å². The molecule has 154 valence electrons. The van der Waals surface area contributed by atoms with E-state index in [1.165, 1.54) is 17.9 Å². The Morgan fingerprint density at radius 1 is 0.750 bits per heavy atom. The van der Waals surface area contributed by atoms with E-state index in [9.17, 15) is 0 Å². The number of thioether (sulfide) groups is 1. The SMILES string of the molecule is CCC1(CC)COc2cscc2OC1.c1scc2c1OCC1(CCSC1)CO2. The van der Waals surface area contributed by atoms with Crippen LogP contribution in [0.4, 0.5) is 0 Å². The van der Waals surface area contributed by atoms with Gasteiger partial charge in [0.15, 0.2) is 23.0 Å². The second kappa shape index (κ2) is 8.76. The second-order valence-corrected chi connectivity index (χ2v) is 10.5. The summed E-state index contributed by atoms with van der Waals surface area (Å²) in [5.41, 5.74) is 0.484. The number of hydrogen-bond acceptors (Lipinski definition) is 7. The van der Waals surface area contributed by atoms with Gasteiger partial charge < -0.3 is 18.9 Å². The van der Waals surface area contributed by atoms with E-state index in [2.05, 4.69) is 13.8 Å². The smallest absolute Gasteiger partial charge is 0.171 e. The van der Waals surface area contributed by atoms with Gasteiger partial charge in [0, 0.05) is 38.1 Å². The third kappa shape index (κ3) is 4.26. The van der Waals surface area contributed by atoms with E-state index in [1.807, 2.05) is 33.3 Å². The van der Waals surface area contributed by atoms with Crippen LogP contribution in [0.25, 0.3) is 0 Å². The van der Waals surface area contributed by atoms with Crippen LogP contribution in [0.3, 0.4) is 0 Å². The number of fused-ring (bicyclic) bond motifs is 2. The van der Waals surface area contributed by atoms with Crippen LogP contribution >= 0.6 is 34.4 Å². The lowest BCUT2D eigenvalue weighted by Gasteiger charge is -2.28. The van der Waals surface area contributed by atoms with Crippen LogP contribution in [0.5, 0.6) is 23.0 Å². The molecule has 0 bridgehead atoms. The molecular formula is C21H28O4S3. The van der Waals surface area contributed by atoms with E-state index < -0.39 is 0 Å². The van der Waals surface area contributed by atoms with Gasteiger partial charge in [0.1, 0.15) is 0 Å². The summed E-state index contributed by atoms with van der Waals surface area (Å²) in [6.07, 6.45) is 3.44. The molecule has 5 rings (SSSR count). The van der Waals surface area contributed by atoms with Crippen molar-refractivity contribution in [2.45, 2.75) is 33.1 Å². The van der Waals surface area contributed by atoms with Crippen molar-refractivity contribution in [3.63, 3.8) is 0 Å². The fourth-order valence-corrected chi connectivity index (χ4v) is 6.34. The van der Waals surface area contributed by atoms with Gasteiger partial charge in [0.25, 0.3) is 0 Å². The summed E-state index contributed by atoms with van der Waals surface area (Å²) in [5, 5.41) is 8.07. The first kappa shape index (κ1) is 20.2. The molecule has 0 radical (unpaired) electrons. The predicted molar refractivity (Wildman–Crippen MR) is 118 cm³/mol. The number of rotatable bonds is 2. The molecule has 0 atom stereocenters. The quantitative estimate of drug-likeness (QED) is 0.575. The standard InChI is InChI=1S/C11H16O2S.C10H12O2S2/c1-3-11(4-2)7-12-9-5-14-6-10(9)13-8-11;1-2-13-7-10(1)5-11-8-3-14-4-9(8)12-6-10/h5-6H,3-4,7-8H2,1-2H3;3-4H,1-2,5-7H2. The monoisotopic (exact) mass is 440 g/mol. The molecule has 0 unspecified atom stereocenters. The van der Waals surface area contributed by atoms with Crippen LogP contribution in [-0.4, -0.2) is 37.9 Å². The maximum Gasteiger partial charge on any atom is 0.171 e. The highest BCUT2D eigenvalue weighted by molar-refractivity contribution is 7.99. The van der Waals surface area contributed by atoms with Crippen LogP contribution in [0.15, 0.2) is 21.5 Å². The number of ether oxygens (including phenoxy) is 4. The van der Waals surface area contributed by atoms with Crippen molar-refractivity contribution in [3.8, 4) is 23.0 Å². The summed E-state index contributed by atoms with van der Waals surface area (Å²) in [5.74, 6) is 6.13. The van der Waals surface area contributed by atoms with Crippen LogP contribution in [0.2, 0.25) is 0 Å². The Hall–Kier alpha value is -1.05. The number of hydrogen-bond donors (Lipinski definition) is 0. The molecule has 1 fully saturated rings. The van der Waals surface area contributed by atoms with Crippen LogP contribution < -0.4 is 18.9 Å². The van der Waals surface area contributed by atoms with E-state index in [-0.39, 0.29) is 10.8 Å².